The van der Waals surface area contributed by atoms with Crippen molar-refractivity contribution in [3.05, 3.63) is 42.2 Å². The normalized spacial score (nSPS) is 12.4. The second kappa shape index (κ2) is 5.84. The third-order valence-electron chi connectivity index (χ3n) is 3.24. The summed E-state index contributed by atoms with van der Waals surface area (Å²) in [6, 6.07) is 3.85. The predicted molar refractivity (Wildman–Crippen MR) is 74.8 cm³/mol. The third kappa shape index (κ3) is 3.12. The predicted octanol–water partition coefficient (Wildman–Crippen LogP) is 1.89. The minimum absolute atomic E-state index is 0.478. The molecule has 5 heteroatoms. The molecule has 0 radical (unpaired) electrons. The summed E-state index contributed by atoms with van der Waals surface area (Å²) in [5.41, 5.74) is 1.73. The van der Waals surface area contributed by atoms with Gasteiger partial charge >= 0.3 is 0 Å². The molecule has 2 aromatic heterocycles. The fourth-order valence-electron chi connectivity index (χ4n) is 1.88. The Morgan fingerprint density at radius 2 is 2.16 bits per heavy atom. The summed E-state index contributed by atoms with van der Waals surface area (Å²) in [5.74, 6) is 1.00. The van der Waals surface area contributed by atoms with E-state index in [0.717, 1.165) is 23.8 Å². The molecule has 102 valence electrons. The average Bonchev–Trinajstić information content (AvgIpc) is 2.83. The van der Waals surface area contributed by atoms with E-state index in [9.17, 15) is 5.11 Å². The molecule has 1 N–H and O–H groups in total. The number of aliphatic hydroxyl groups is 1. The van der Waals surface area contributed by atoms with Crippen molar-refractivity contribution in [2.75, 3.05) is 11.9 Å². The number of pyridine rings is 1. The van der Waals surface area contributed by atoms with E-state index in [0.29, 0.717) is 6.42 Å². The third-order valence-corrected chi connectivity index (χ3v) is 3.24. The molecule has 0 saturated heterocycles. The van der Waals surface area contributed by atoms with Crippen LogP contribution in [0.25, 0.3) is 0 Å². The second-order valence-corrected chi connectivity index (χ2v) is 4.68. The highest BCUT2D eigenvalue weighted by molar-refractivity contribution is 5.43. The lowest BCUT2D eigenvalue weighted by atomic mass is 10.2. The molecule has 0 unspecified atom stereocenters. The Labute approximate surface area is 113 Å². The van der Waals surface area contributed by atoms with Crippen LogP contribution in [0.2, 0.25) is 0 Å². The van der Waals surface area contributed by atoms with Crippen molar-refractivity contribution >= 4 is 5.69 Å². The summed E-state index contributed by atoms with van der Waals surface area (Å²) in [5, 5.41) is 9.71. The number of aromatic nitrogens is 3. The molecule has 5 nitrogen and oxygen atoms in total. The highest BCUT2D eigenvalue weighted by atomic mass is 16.3. The largest absolute Gasteiger partial charge is 0.387 e. The van der Waals surface area contributed by atoms with E-state index in [4.69, 9.17) is 0 Å². The van der Waals surface area contributed by atoms with Crippen LogP contribution >= 0.6 is 0 Å². The first-order valence-corrected chi connectivity index (χ1v) is 6.43. The van der Waals surface area contributed by atoms with E-state index in [-0.39, 0.29) is 0 Å². The van der Waals surface area contributed by atoms with Crippen LogP contribution < -0.4 is 4.90 Å². The number of hydrogen-bond acceptors (Lipinski definition) is 4. The maximum Gasteiger partial charge on any atom is 0.127 e. The molecule has 0 aliphatic rings. The summed E-state index contributed by atoms with van der Waals surface area (Å²) < 4.78 is 2.00. The first-order valence-electron chi connectivity index (χ1n) is 6.43. The Kier molecular flexibility index (Phi) is 4.16. The van der Waals surface area contributed by atoms with Gasteiger partial charge in [-0.2, -0.15) is 0 Å². The van der Waals surface area contributed by atoms with Gasteiger partial charge in [-0.25, -0.2) is 4.98 Å². The van der Waals surface area contributed by atoms with Crippen molar-refractivity contribution in [1.82, 2.24) is 14.5 Å². The maximum absolute atomic E-state index is 9.71. The Bertz CT molecular complexity index is 520. The summed E-state index contributed by atoms with van der Waals surface area (Å²) in [7, 11) is 3.98. The highest BCUT2D eigenvalue weighted by Crippen LogP contribution is 2.18. The van der Waals surface area contributed by atoms with Gasteiger partial charge in [0.1, 0.15) is 5.82 Å². The van der Waals surface area contributed by atoms with Crippen molar-refractivity contribution in [2.45, 2.75) is 26.0 Å². The highest BCUT2D eigenvalue weighted by Gasteiger charge is 2.09. The number of rotatable bonds is 5. The van der Waals surface area contributed by atoms with Gasteiger partial charge in [0, 0.05) is 26.5 Å². The molecule has 2 rings (SSSR count). The molecule has 19 heavy (non-hydrogen) atoms. The molecule has 2 aromatic rings. The van der Waals surface area contributed by atoms with E-state index in [2.05, 4.69) is 14.9 Å². The Hall–Kier alpha value is -1.88. The molecule has 0 spiro atoms. The smallest absolute Gasteiger partial charge is 0.127 e. The molecule has 0 fully saturated rings. The number of aliphatic hydroxyl groups excluding tert-OH is 1. The van der Waals surface area contributed by atoms with Gasteiger partial charge in [-0.1, -0.05) is 6.92 Å². The molecule has 2 heterocycles. The zero-order valence-corrected chi connectivity index (χ0v) is 11.6. The van der Waals surface area contributed by atoms with Gasteiger partial charge in [0.15, 0.2) is 0 Å². The van der Waals surface area contributed by atoms with Crippen LogP contribution in [-0.2, 0) is 13.6 Å². The molecule has 0 aliphatic heterocycles. The van der Waals surface area contributed by atoms with Crippen molar-refractivity contribution < 1.29 is 5.11 Å². The van der Waals surface area contributed by atoms with Gasteiger partial charge in [-0.15, -0.1) is 0 Å². The van der Waals surface area contributed by atoms with Crippen LogP contribution in [0.4, 0.5) is 5.69 Å². The van der Waals surface area contributed by atoms with Crippen LogP contribution in [-0.4, -0.2) is 26.7 Å². The van der Waals surface area contributed by atoms with Gasteiger partial charge in [-0.3, -0.25) is 4.98 Å². The number of anilines is 1. The average molecular weight is 260 g/mol. The van der Waals surface area contributed by atoms with Gasteiger partial charge in [0.2, 0.25) is 0 Å². The molecule has 0 aliphatic carbocycles. The first-order chi connectivity index (χ1) is 9.11. The van der Waals surface area contributed by atoms with Crippen LogP contribution in [0.3, 0.4) is 0 Å². The number of imidazole rings is 1. The number of hydrogen-bond donors (Lipinski definition) is 1. The number of aryl methyl sites for hydroxylation is 1. The van der Waals surface area contributed by atoms with Crippen LogP contribution in [0.15, 0.2) is 30.7 Å². The van der Waals surface area contributed by atoms with Crippen LogP contribution in [0, 0.1) is 0 Å². The quantitative estimate of drug-likeness (QED) is 0.892. The summed E-state index contributed by atoms with van der Waals surface area (Å²) in [6.45, 7) is 2.66. The van der Waals surface area contributed by atoms with E-state index < -0.39 is 6.10 Å². The SMILES string of the molecule is CC[C@H](O)c1ccc(N(C)Cc2nccn2C)cn1. The molecular weight excluding hydrogens is 240 g/mol. The minimum Gasteiger partial charge on any atom is -0.387 e. The molecule has 0 saturated carbocycles. The lowest BCUT2D eigenvalue weighted by Gasteiger charge is -2.19. The van der Waals surface area contributed by atoms with E-state index in [1.165, 1.54) is 0 Å². The topological polar surface area (TPSA) is 54.2 Å². The molecule has 0 bridgehead atoms. The summed E-state index contributed by atoms with van der Waals surface area (Å²) in [6.07, 6.45) is 5.71. The fraction of sp³-hybridized carbons (Fsp3) is 0.429. The van der Waals surface area contributed by atoms with Crippen molar-refractivity contribution in [3.8, 4) is 0 Å². The maximum atomic E-state index is 9.71. The summed E-state index contributed by atoms with van der Waals surface area (Å²) >= 11 is 0. The second-order valence-electron chi connectivity index (χ2n) is 4.68. The lowest BCUT2D eigenvalue weighted by molar-refractivity contribution is 0.169. The van der Waals surface area contributed by atoms with Gasteiger partial charge in [0.05, 0.1) is 30.2 Å². The standard InChI is InChI=1S/C14H20N4O/c1-4-13(19)12-6-5-11(9-16-12)18(3)10-14-15-7-8-17(14)2/h5-9,13,19H,4,10H2,1-3H3/t13-/m0/s1. The van der Waals surface area contributed by atoms with E-state index in [1.807, 2.05) is 43.9 Å². The molecule has 0 amide bonds. The van der Waals surface area contributed by atoms with Crippen LogP contribution in [0.1, 0.15) is 31.0 Å². The van der Waals surface area contributed by atoms with Crippen molar-refractivity contribution in [1.29, 1.82) is 0 Å². The van der Waals surface area contributed by atoms with Gasteiger partial charge < -0.3 is 14.6 Å². The summed E-state index contributed by atoms with van der Waals surface area (Å²) in [4.78, 5) is 10.7. The van der Waals surface area contributed by atoms with E-state index in [1.54, 1.807) is 12.4 Å². The van der Waals surface area contributed by atoms with E-state index >= 15 is 0 Å². The molecule has 1 atom stereocenters. The Morgan fingerprint density at radius 3 is 2.68 bits per heavy atom. The lowest BCUT2D eigenvalue weighted by Crippen LogP contribution is -2.19. The van der Waals surface area contributed by atoms with Gasteiger partial charge in [-0.05, 0) is 18.6 Å². The zero-order valence-electron chi connectivity index (χ0n) is 11.6. The molecule has 0 aromatic carbocycles. The first kappa shape index (κ1) is 13.5. The molecular formula is C14H20N4O. The Balaban J connectivity index is 2.07. The van der Waals surface area contributed by atoms with Crippen molar-refractivity contribution in [2.24, 2.45) is 7.05 Å². The van der Waals surface area contributed by atoms with Gasteiger partial charge in [0.25, 0.3) is 0 Å². The minimum atomic E-state index is -0.478. The van der Waals surface area contributed by atoms with Crippen LogP contribution in [0.5, 0.6) is 0 Å². The number of nitrogens with zero attached hydrogens (tertiary/aromatic N) is 4. The fourth-order valence-corrected chi connectivity index (χ4v) is 1.88. The zero-order chi connectivity index (χ0) is 13.8. The monoisotopic (exact) mass is 260 g/mol. The van der Waals surface area contributed by atoms with Crippen molar-refractivity contribution in [3.63, 3.8) is 0 Å². The Morgan fingerprint density at radius 1 is 1.37 bits per heavy atom.